The molecule has 0 bridgehead atoms. The van der Waals surface area contributed by atoms with Crippen LogP contribution in [0.2, 0.25) is 0 Å². The molecule has 0 aliphatic carbocycles. The molecule has 1 amide bonds. The molecule has 3 aromatic heterocycles. The molecule has 5 rings (SSSR count). The van der Waals surface area contributed by atoms with Crippen molar-refractivity contribution >= 4 is 17.4 Å². The summed E-state index contributed by atoms with van der Waals surface area (Å²) in [5.41, 5.74) is 2.68. The van der Waals surface area contributed by atoms with Gasteiger partial charge in [-0.25, -0.2) is 19.6 Å². The van der Waals surface area contributed by atoms with Crippen LogP contribution in [0.15, 0.2) is 61.6 Å². The van der Waals surface area contributed by atoms with E-state index in [1.165, 1.54) is 12.7 Å². The number of nitrogens with zero attached hydrogens (tertiary/aromatic N) is 7. The van der Waals surface area contributed by atoms with Crippen LogP contribution in [0.5, 0.6) is 0 Å². The van der Waals surface area contributed by atoms with Gasteiger partial charge in [0, 0.05) is 42.5 Å². The number of hydrogen-bond acceptors (Lipinski definition) is 7. The third kappa shape index (κ3) is 4.13. The van der Waals surface area contributed by atoms with E-state index in [-0.39, 0.29) is 11.8 Å². The maximum atomic E-state index is 12.8. The molecule has 2 N–H and O–H groups in total. The van der Waals surface area contributed by atoms with Crippen molar-refractivity contribution in [2.24, 2.45) is 5.92 Å². The first-order valence-electron chi connectivity index (χ1n) is 10.1. The highest BCUT2D eigenvalue weighted by Gasteiger charge is 2.26. The minimum absolute atomic E-state index is 0.0383. The van der Waals surface area contributed by atoms with E-state index < -0.39 is 0 Å². The molecule has 0 spiro atoms. The maximum Gasteiger partial charge on any atom is 0.227 e. The summed E-state index contributed by atoms with van der Waals surface area (Å²) in [5.74, 6) is 1.50. The lowest BCUT2D eigenvalue weighted by Crippen LogP contribution is -2.38. The van der Waals surface area contributed by atoms with Crippen LogP contribution in [-0.4, -0.2) is 53.9 Å². The number of hydrogen-bond donors (Lipinski definition) is 2. The Morgan fingerprint density at radius 3 is 2.71 bits per heavy atom. The molecule has 0 atom stereocenters. The highest BCUT2D eigenvalue weighted by molar-refractivity contribution is 5.93. The Labute approximate surface area is 178 Å². The fourth-order valence-electron chi connectivity index (χ4n) is 3.76. The number of aromatic nitrogens is 7. The van der Waals surface area contributed by atoms with Gasteiger partial charge in [-0.1, -0.05) is 12.1 Å². The van der Waals surface area contributed by atoms with E-state index in [1.54, 1.807) is 17.2 Å². The highest BCUT2D eigenvalue weighted by atomic mass is 16.1. The average molecular weight is 415 g/mol. The van der Waals surface area contributed by atoms with E-state index in [9.17, 15) is 4.79 Å². The van der Waals surface area contributed by atoms with E-state index in [0.29, 0.717) is 5.82 Å². The first kappa shape index (κ1) is 18.9. The van der Waals surface area contributed by atoms with E-state index in [1.807, 2.05) is 36.4 Å². The third-order valence-electron chi connectivity index (χ3n) is 5.42. The number of H-pyrrole nitrogens is 1. The molecular weight excluding hydrogens is 394 g/mol. The Bertz CT molecular complexity index is 1150. The van der Waals surface area contributed by atoms with Gasteiger partial charge in [0.25, 0.3) is 0 Å². The van der Waals surface area contributed by atoms with Gasteiger partial charge in [-0.15, -0.1) is 0 Å². The van der Waals surface area contributed by atoms with Crippen molar-refractivity contribution in [2.75, 3.05) is 23.3 Å². The number of rotatable bonds is 5. The van der Waals surface area contributed by atoms with Crippen LogP contribution < -0.4 is 10.2 Å². The first-order valence-corrected chi connectivity index (χ1v) is 10.1. The number of carbonyl (C=O) groups is 1. The summed E-state index contributed by atoms with van der Waals surface area (Å²) in [6.07, 6.45) is 7.82. The predicted molar refractivity (Wildman–Crippen MR) is 115 cm³/mol. The van der Waals surface area contributed by atoms with Crippen LogP contribution in [-0.2, 0) is 4.79 Å². The van der Waals surface area contributed by atoms with Gasteiger partial charge >= 0.3 is 0 Å². The van der Waals surface area contributed by atoms with Crippen molar-refractivity contribution < 1.29 is 4.79 Å². The number of benzene rings is 1. The summed E-state index contributed by atoms with van der Waals surface area (Å²) in [4.78, 5) is 27.6. The SMILES string of the molecule is O=C(Nc1cccc(-c2ccn[nH]2)c1)C1CCN(c2cc(-n3cncn3)ncn2)CC1. The molecule has 10 heteroatoms. The van der Waals surface area contributed by atoms with Crippen LogP contribution in [0, 0.1) is 5.92 Å². The van der Waals surface area contributed by atoms with Crippen molar-refractivity contribution in [1.29, 1.82) is 0 Å². The highest BCUT2D eigenvalue weighted by Crippen LogP contribution is 2.25. The number of nitrogens with one attached hydrogen (secondary N) is 2. The Morgan fingerprint density at radius 1 is 1.06 bits per heavy atom. The zero-order chi connectivity index (χ0) is 21.0. The first-order chi connectivity index (χ1) is 15.3. The van der Waals surface area contributed by atoms with E-state index in [2.05, 4.69) is 40.5 Å². The monoisotopic (exact) mass is 415 g/mol. The predicted octanol–water partition coefficient (Wildman–Crippen LogP) is 2.30. The number of carbonyl (C=O) groups excluding carboxylic acids is 1. The van der Waals surface area contributed by atoms with Gasteiger partial charge < -0.3 is 10.2 Å². The van der Waals surface area contributed by atoms with E-state index in [4.69, 9.17) is 0 Å². The summed E-state index contributed by atoms with van der Waals surface area (Å²) in [6, 6.07) is 11.5. The van der Waals surface area contributed by atoms with Crippen LogP contribution in [0.1, 0.15) is 12.8 Å². The number of anilines is 2. The number of aromatic amines is 1. The van der Waals surface area contributed by atoms with Crippen molar-refractivity contribution in [3.8, 4) is 17.1 Å². The lowest BCUT2D eigenvalue weighted by molar-refractivity contribution is -0.120. The molecule has 10 nitrogen and oxygen atoms in total. The van der Waals surface area contributed by atoms with Gasteiger partial charge in [-0.2, -0.15) is 10.2 Å². The van der Waals surface area contributed by atoms with Crippen molar-refractivity contribution in [3.05, 3.63) is 61.6 Å². The Hall–Kier alpha value is -4.08. The van der Waals surface area contributed by atoms with Gasteiger partial charge in [0.15, 0.2) is 5.82 Å². The van der Waals surface area contributed by atoms with Crippen LogP contribution in [0.3, 0.4) is 0 Å². The molecule has 0 saturated carbocycles. The fourth-order valence-corrected chi connectivity index (χ4v) is 3.76. The molecule has 156 valence electrons. The Kier molecular flexibility index (Phi) is 5.09. The summed E-state index contributed by atoms with van der Waals surface area (Å²) in [6.45, 7) is 1.50. The van der Waals surface area contributed by atoms with E-state index >= 15 is 0 Å². The van der Waals surface area contributed by atoms with Crippen molar-refractivity contribution in [3.63, 3.8) is 0 Å². The van der Waals surface area contributed by atoms with Crippen LogP contribution in [0.25, 0.3) is 17.1 Å². The van der Waals surface area contributed by atoms with Crippen LogP contribution in [0.4, 0.5) is 11.5 Å². The Balaban J connectivity index is 1.21. The normalized spacial score (nSPS) is 14.5. The topological polar surface area (TPSA) is 118 Å². The zero-order valence-electron chi connectivity index (χ0n) is 16.7. The largest absolute Gasteiger partial charge is 0.356 e. The number of piperidine rings is 1. The standard InChI is InChI=1S/C21H21N9O/c31-21(27-17-3-1-2-16(10-17)18-4-7-25-28-18)15-5-8-29(9-6-15)19-11-20(24-13-23-19)30-14-22-12-26-30/h1-4,7,10-15H,5-6,8-9H2,(H,25,28)(H,27,31). The van der Waals surface area contributed by atoms with Crippen molar-refractivity contribution in [1.82, 2.24) is 34.9 Å². The smallest absolute Gasteiger partial charge is 0.227 e. The van der Waals surface area contributed by atoms with Gasteiger partial charge in [-0.3, -0.25) is 9.89 Å². The van der Waals surface area contributed by atoms with Gasteiger partial charge in [0.2, 0.25) is 5.91 Å². The lowest BCUT2D eigenvalue weighted by Gasteiger charge is -2.32. The molecule has 1 saturated heterocycles. The molecule has 1 fully saturated rings. The minimum atomic E-state index is -0.0383. The summed E-state index contributed by atoms with van der Waals surface area (Å²) < 4.78 is 1.60. The summed E-state index contributed by atoms with van der Waals surface area (Å²) in [5, 5.41) is 14.1. The van der Waals surface area contributed by atoms with Gasteiger partial charge in [-0.05, 0) is 31.0 Å². The Morgan fingerprint density at radius 2 is 1.94 bits per heavy atom. The molecule has 1 aliphatic rings. The zero-order valence-corrected chi connectivity index (χ0v) is 16.7. The molecule has 0 unspecified atom stereocenters. The lowest BCUT2D eigenvalue weighted by atomic mass is 9.95. The second-order valence-electron chi connectivity index (χ2n) is 7.38. The molecular formula is C21H21N9O. The molecule has 1 aromatic carbocycles. The van der Waals surface area contributed by atoms with Gasteiger partial charge in [0.1, 0.15) is 24.8 Å². The molecule has 4 heterocycles. The molecule has 0 radical (unpaired) electrons. The summed E-state index contributed by atoms with van der Waals surface area (Å²) in [7, 11) is 0. The van der Waals surface area contributed by atoms with E-state index in [0.717, 1.165) is 48.7 Å². The maximum absolute atomic E-state index is 12.8. The average Bonchev–Trinajstić information content (AvgIpc) is 3.54. The van der Waals surface area contributed by atoms with Crippen molar-refractivity contribution in [2.45, 2.75) is 12.8 Å². The second kappa shape index (κ2) is 8.34. The quantitative estimate of drug-likeness (QED) is 0.513. The number of amides is 1. The fraction of sp³-hybridized carbons (Fsp3) is 0.238. The molecule has 1 aliphatic heterocycles. The second-order valence-corrected chi connectivity index (χ2v) is 7.38. The molecule has 4 aromatic rings. The molecule has 31 heavy (non-hydrogen) atoms. The van der Waals surface area contributed by atoms with Gasteiger partial charge in [0.05, 0.1) is 5.69 Å². The third-order valence-corrected chi connectivity index (χ3v) is 5.42. The minimum Gasteiger partial charge on any atom is -0.356 e. The summed E-state index contributed by atoms with van der Waals surface area (Å²) >= 11 is 0. The van der Waals surface area contributed by atoms with Crippen LogP contribution >= 0.6 is 0 Å².